The van der Waals surface area contributed by atoms with E-state index in [1.807, 2.05) is 13.0 Å². The third kappa shape index (κ3) is 7.76. The van der Waals surface area contributed by atoms with Crippen LogP contribution in [0.4, 0.5) is 24.8 Å². The molecule has 0 amide bonds. The van der Waals surface area contributed by atoms with Crippen LogP contribution >= 0.6 is 11.3 Å². The van der Waals surface area contributed by atoms with Crippen LogP contribution in [0.15, 0.2) is 36.7 Å². The summed E-state index contributed by atoms with van der Waals surface area (Å²) in [4.78, 5) is 26.2. The molecule has 40 heavy (non-hydrogen) atoms. The molecule has 4 rings (SSSR count). The van der Waals surface area contributed by atoms with Gasteiger partial charge in [-0.05, 0) is 68.9 Å². The third-order valence-corrected chi connectivity index (χ3v) is 8.14. The minimum absolute atomic E-state index is 0.0121. The van der Waals surface area contributed by atoms with Gasteiger partial charge >= 0.3 is 12.1 Å². The van der Waals surface area contributed by atoms with E-state index >= 15 is 0 Å². The zero-order valence-electron chi connectivity index (χ0n) is 22.2. The van der Waals surface area contributed by atoms with Crippen molar-refractivity contribution in [3.63, 3.8) is 0 Å². The van der Waals surface area contributed by atoms with Crippen LogP contribution in [-0.4, -0.2) is 44.3 Å². The zero-order chi connectivity index (χ0) is 28.8. The molecule has 0 saturated heterocycles. The summed E-state index contributed by atoms with van der Waals surface area (Å²) in [5.74, 6) is -0.189. The van der Waals surface area contributed by atoms with Crippen molar-refractivity contribution in [2.75, 3.05) is 18.5 Å². The van der Waals surface area contributed by atoms with E-state index in [0.29, 0.717) is 42.2 Å². The number of aromatic nitrogens is 3. The smallest absolute Gasteiger partial charge is 0.416 e. The molecule has 3 aromatic rings. The van der Waals surface area contributed by atoms with Crippen molar-refractivity contribution in [3.05, 3.63) is 52.8 Å². The highest BCUT2D eigenvalue weighted by Gasteiger charge is 2.34. The van der Waals surface area contributed by atoms with Gasteiger partial charge in [0.25, 0.3) is 0 Å². The number of nitrogens with zero attached hydrogens (tertiary/aromatic N) is 3. The number of halogens is 3. The second-order valence-corrected chi connectivity index (χ2v) is 11.1. The molecule has 1 aliphatic rings. The summed E-state index contributed by atoms with van der Waals surface area (Å²) >= 11 is 1.33. The summed E-state index contributed by atoms with van der Waals surface area (Å²) in [5.41, 5.74) is -0.538. The van der Waals surface area contributed by atoms with Gasteiger partial charge in [0.15, 0.2) is 0 Å². The molecule has 1 fully saturated rings. The molecule has 0 unspecified atom stereocenters. The number of aryl methyl sites for hydroxylation is 1. The maximum Gasteiger partial charge on any atom is 0.416 e. The van der Waals surface area contributed by atoms with E-state index in [4.69, 9.17) is 9.84 Å². The van der Waals surface area contributed by atoms with Crippen LogP contribution in [0.5, 0.6) is 0 Å². The van der Waals surface area contributed by atoms with Gasteiger partial charge in [0.05, 0.1) is 28.7 Å². The quantitative estimate of drug-likeness (QED) is 0.286. The van der Waals surface area contributed by atoms with Crippen LogP contribution < -0.4 is 5.32 Å². The first kappa shape index (κ1) is 29.9. The molecule has 1 saturated carbocycles. The molecule has 8 nitrogen and oxygen atoms in total. The van der Waals surface area contributed by atoms with Gasteiger partial charge in [-0.15, -0.1) is 11.3 Å². The number of carbonyl (C=O) groups excluding carboxylic acids is 1. The number of ether oxygens (including phenoxy) is 1. The molecule has 0 aliphatic heterocycles. The van der Waals surface area contributed by atoms with Gasteiger partial charge in [-0.1, -0.05) is 19.3 Å². The topological polar surface area (TPSA) is 117 Å². The number of pyridine rings is 2. The molecular weight excluding hydrogens is 545 g/mol. The summed E-state index contributed by atoms with van der Waals surface area (Å²) in [6.45, 7) is 1.64. The summed E-state index contributed by atoms with van der Waals surface area (Å²) < 4.78 is 44.5. The number of hydrogen-bond acceptors (Lipinski definition) is 9. The first-order chi connectivity index (χ1) is 19.1. The monoisotopic (exact) mass is 578 g/mol. The molecule has 0 spiro atoms. The molecule has 0 bridgehead atoms. The van der Waals surface area contributed by atoms with Gasteiger partial charge in [0.2, 0.25) is 0 Å². The second-order valence-electron chi connectivity index (χ2n) is 10.1. The Kier molecular flexibility index (Phi) is 9.75. The Hall–Kier alpha value is -3.09. The molecule has 3 N–H and O–H groups in total. The molecule has 0 radical (unpaired) electrons. The third-order valence-electron chi connectivity index (χ3n) is 6.92. The van der Waals surface area contributed by atoms with Crippen LogP contribution in [0.2, 0.25) is 0 Å². The number of aliphatic hydroxyl groups excluding tert-OH is 1. The van der Waals surface area contributed by atoms with Crippen molar-refractivity contribution in [2.45, 2.75) is 70.1 Å². The fourth-order valence-corrected chi connectivity index (χ4v) is 5.90. The molecule has 3 aromatic heterocycles. The average Bonchev–Trinajstić information content (AvgIpc) is 3.42. The van der Waals surface area contributed by atoms with Gasteiger partial charge in [-0.25, -0.2) is 15.0 Å². The molecular formula is C28H33F3N4O4S. The van der Waals surface area contributed by atoms with Gasteiger partial charge in [-0.2, -0.15) is 13.2 Å². The highest BCUT2D eigenvalue weighted by atomic mass is 32.1. The number of hydrogen-bond donors (Lipinski definition) is 3. The summed E-state index contributed by atoms with van der Waals surface area (Å²) in [7, 11) is 0. The van der Waals surface area contributed by atoms with Crippen molar-refractivity contribution in [1.82, 2.24) is 15.0 Å². The number of alkyl halides is 3. The Bertz CT molecular complexity index is 1300. The predicted octanol–water partition coefficient (Wildman–Crippen LogP) is 6.14. The van der Waals surface area contributed by atoms with Crippen molar-refractivity contribution in [1.29, 1.82) is 0 Å². The molecule has 3 heterocycles. The van der Waals surface area contributed by atoms with E-state index in [0.717, 1.165) is 54.5 Å². The normalized spacial score (nSPS) is 20.6. The van der Waals surface area contributed by atoms with E-state index in [9.17, 15) is 23.1 Å². The van der Waals surface area contributed by atoms with Crippen LogP contribution in [-0.2, 0) is 21.3 Å². The van der Waals surface area contributed by atoms with Gasteiger partial charge in [0.1, 0.15) is 28.9 Å². The van der Waals surface area contributed by atoms with Gasteiger partial charge < -0.3 is 20.3 Å². The molecule has 12 heteroatoms. The largest absolute Gasteiger partial charge is 0.463 e. The lowest BCUT2D eigenvalue weighted by Crippen LogP contribution is -2.27. The number of nitrogens with one attached hydrogen (secondary N) is 1. The first-order valence-electron chi connectivity index (χ1n) is 13.3. The lowest BCUT2D eigenvalue weighted by Gasteiger charge is -2.28. The number of aliphatic hydroxyl groups is 2. The van der Waals surface area contributed by atoms with Crippen LogP contribution in [0, 0.1) is 12.8 Å². The summed E-state index contributed by atoms with van der Waals surface area (Å²) in [6.07, 6.45) is 3.69. The molecule has 0 aromatic carbocycles. The number of thiazole rings is 1. The van der Waals surface area contributed by atoms with Crippen molar-refractivity contribution >= 4 is 28.9 Å². The first-order valence-corrected chi connectivity index (χ1v) is 14.1. The Balaban J connectivity index is 1.50. The molecule has 2 atom stereocenters. The number of carbonyl (C=O) groups is 1. The lowest BCUT2D eigenvalue weighted by atomic mass is 9.85. The molecule has 1 aliphatic carbocycles. The molecule has 216 valence electrons. The van der Waals surface area contributed by atoms with E-state index < -0.39 is 17.3 Å². The van der Waals surface area contributed by atoms with E-state index in [2.05, 4.69) is 20.3 Å². The highest BCUT2D eigenvalue weighted by molar-refractivity contribution is 7.15. The Morgan fingerprint density at radius 2 is 1.90 bits per heavy atom. The fourth-order valence-electron chi connectivity index (χ4n) is 4.88. The number of esters is 1. The van der Waals surface area contributed by atoms with Crippen molar-refractivity contribution < 1.29 is 32.9 Å². The minimum atomic E-state index is -4.48. The summed E-state index contributed by atoms with van der Waals surface area (Å²) in [6, 6.07) is 5.40. The maximum absolute atomic E-state index is 13.1. The van der Waals surface area contributed by atoms with Crippen molar-refractivity contribution in [2.24, 2.45) is 5.92 Å². The van der Waals surface area contributed by atoms with Crippen LogP contribution in [0.3, 0.4) is 0 Å². The highest BCUT2D eigenvalue weighted by Crippen LogP contribution is 2.40. The van der Waals surface area contributed by atoms with E-state index in [-0.39, 0.29) is 30.9 Å². The van der Waals surface area contributed by atoms with E-state index in [1.54, 1.807) is 12.3 Å². The second kappa shape index (κ2) is 13.0. The Labute approximate surface area is 234 Å². The SMILES string of the molecule is Cc1cc(Nc2cc(C(F)(F)F)ccn2)nc(-c2cnc([C@@]3(O)CCCCC[C@@H](C(=O)OCCO)CCC3)s2)c1. The minimum Gasteiger partial charge on any atom is -0.463 e. The van der Waals surface area contributed by atoms with Crippen molar-refractivity contribution in [3.8, 4) is 10.6 Å². The standard InChI is InChI=1S/C28H33F3N4O4S/c1-18-14-21(34-24(15-18)35-23-16-20(8-11-32-23)28(29,30)31)22-17-33-26(40-22)27(38)9-4-2-3-6-19(7-5-10-27)25(37)39-13-12-36/h8,11,14-17,19,36,38H,2-7,9-10,12-13H2,1H3,(H,32,34,35)/t19-,27-/m1/s1. The predicted molar refractivity (Wildman–Crippen MR) is 145 cm³/mol. The van der Waals surface area contributed by atoms with Gasteiger partial charge in [-0.3, -0.25) is 4.79 Å². The number of rotatable bonds is 7. The Morgan fingerprint density at radius 3 is 2.67 bits per heavy atom. The summed E-state index contributed by atoms with van der Waals surface area (Å²) in [5, 5.41) is 24.0. The average molecular weight is 579 g/mol. The zero-order valence-corrected chi connectivity index (χ0v) is 23.0. The van der Waals surface area contributed by atoms with Crippen LogP contribution in [0.25, 0.3) is 10.6 Å². The fraction of sp³-hybridized carbons (Fsp3) is 0.500. The van der Waals surface area contributed by atoms with Crippen LogP contribution in [0.1, 0.15) is 67.5 Å². The lowest BCUT2D eigenvalue weighted by molar-refractivity contribution is -0.150. The maximum atomic E-state index is 13.1. The van der Waals surface area contributed by atoms with Gasteiger partial charge in [0, 0.05) is 12.4 Å². The van der Waals surface area contributed by atoms with E-state index in [1.165, 1.54) is 11.3 Å². The number of anilines is 2. The Morgan fingerprint density at radius 1 is 1.12 bits per heavy atom.